The molecule has 16 heavy (non-hydrogen) atoms. The van der Waals surface area contributed by atoms with Gasteiger partial charge in [0.15, 0.2) is 0 Å². The molecule has 1 unspecified atom stereocenters. The maximum atomic E-state index is 12.1. The molecule has 0 aromatic heterocycles. The van der Waals surface area contributed by atoms with Crippen molar-refractivity contribution < 1.29 is 10.0 Å². The standard InChI is InChI=1S/C13H24NO2/c1-9(2)11(15)7-10-8-12(3,4)14(16)13(10,5)6/h9-10H,7-8H2,1-6H3. The zero-order valence-electron chi connectivity index (χ0n) is 11.3. The fraction of sp³-hybridized carbons (Fsp3) is 0.923. The largest absolute Gasteiger partial charge is 0.299 e. The number of rotatable bonds is 3. The van der Waals surface area contributed by atoms with Crippen LogP contribution in [0.25, 0.3) is 0 Å². The Morgan fingerprint density at radius 3 is 2.12 bits per heavy atom. The molecule has 1 heterocycles. The van der Waals surface area contributed by atoms with Crippen LogP contribution < -0.4 is 0 Å². The molecule has 1 radical (unpaired) electrons. The summed E-state index contributed by atoms with van der Waals surface area (Å²) < 4.78 is 0. The lowest BCUT2D eigenvalue weighted by molar-refractivity contribution is -0.248. The van der Waals surface area contributed by atoms with E-state index >= 15 is 0 Å². The van der Waals surface area contributed by atoms with Crippen molar-refractivity contribution in [2.45, 2.75) is 65.5 Å². The second-order valence-electron chi connectivity index (χ2n) is 6.49. The van der Waals surface area contributed by atoms with Crippen LogP contribution in [0.2, 0.25) is 0 Å². The summed E-state index contributed by atoms with van der Waals surface area (Å²) in [5.41, 5.74) is -0.764. The number of hydroxylamine groups is 2. The van der Waals surface area contributed by atoms with Crippen LogP contribution in [0.15, 0.2) is 0 Å². The van der Waals surface area contributed by atoms with Crippen molar-refractivity contribution in [2.24, 2.45) is 11.8 Å². The quantitative estimate of drug-likeness (QED) is 0.742. The summed E-state index contributed by atoms with van der Waals surface area (Å²) in [7, 11) is 0. The van der Waals surface area contributed by atoms with Crippen molar-refractivity contribution in [3.05, 3.63) is 0 Å². The van der Waals surface area contributed by atoms with E-state index in [1.165, 1.54) is 5.06 Å². The van der Waals surface area contributed by atoms with Crippen molar-refractivity contribution in [2.75, 3.05) is 0 Å². The third-order valence-electron chi connectivity index (χ3n) is 3.91. The Hall–Kier alpha value is -0.410. The highest BCUT2D eigenvalue weighted by atomic mass is 16.5. The molecule has 0 bridgehead atoms. The van der Waals surface area contributed by atoms with Crippen LogP contribution in [0, 0.1) is 11.8 Å². The maximum Gasteiger partial charge on any atom is 0.135 e. The molecule has 0 aliphatic carbocycles. The van der Waals surface area contributed by atoms with Gasteiger partial charge in [-0.25, -0.2) is 0 Å². The van der Waals surface area contributed by atoms with Gasteiger partial charge in [-0.15, -0.1) is 10.3 Å². The van der Waals surface area contributed by atoms with Crippen LogP contribution in [-0.2, 0) is 10.0 Å². The molecule has 1 aliphatic heterocycles. The van der Waals surface area contributed by atoms with Crippen molar-refractivity contribution in [1.29, 1.82) is 0 Å². The van der Waals surface area contributed by atoms with E-state index in [1.54, 1.807) is 0 Å². The average molecular weight is 226 g/mol. The zero-order valence-corrected chi connectivity index (χ0v) is 11.3. The van der Waals surface area contributed by atoms with Crippen LogP contribution in [0.5, 0.6) is 0 Å². The van der Waals surface area contributed by atoms with Gasteiger partial charge in [-0.05, 0) is 40.0 Å². The lowest BCUT2D eigenvalue weighted by atomic mass is 9.82. The second kappa shape index (κ2) is 4.11. The highest BCUT2D eigenvalue weighted by Crippen LogP contribution is 2.45. The molecule has 1 aliphatic rings. The molecule has 0 aromatic rings. The predicted molar refractivity (Wildman–Crippen MR) is 63.3 cm³/mol. The third-order valence-corrected chi connectivity index (χ3v) is 3.91. The van der Waals surface area contributed by atoms with Crippen molar-refractivity contribution in [3.63, 3.8) is 0 Å². The van der Waals surface area contributed by atoms with Crippen LogP contribution >= 0.6 is 0 Å². The molecular weight excluding hydrogens is 202 g/mol. The number of hydrogen-bond donors (Lipinski definition) is 0. The first kappa shape index (κ1) is 13.7. The van der Waals surface area contributed by atoms with Gasteiger partial charge < -0.3 is 0 Å². The summed E-state index contributed by atoms with van der Waals surface area (Å²) in [5.74, 6) is 0.513. The minimum atomic E-state index is -0.423. The molecule has 1 atom stereocenters. The molecule has 0 spiro atoms. The van der Waals surface area contributed by atoms with Crippen LogP contribution in [0.3, 0.4) is 0 Å². The number of carbonyl (C=O) groups is 1. The molecule has 0 aromatic carbocycles. The minimum Gasteiger partial charge on any atom is -0.299 e. The van der Waals surface area contributed by atoms with E-state index in [-0.39, 0.29) is 23.2 Å². The molecule has 3 heteroatoms. The van der Waals surface area contributed by atoms with Gasteiger partial charge in [0.25, 0.3) is 0 Å². The topological polar surface area (TPSA) is 40.2 Å². The highest BCUT2D eigenvalue weighted by Gasteiger charge is 2.52. The minimum absolute atomic E-state index is 0.0691. The fourth-order valence-electron chi connectivity index (χ4n) is 2.68. The van der Waals surface area contributed by atoms with Gasteiger partial charge in [-0.3, -0.25) is 4.79 Å². The average Bonchev–Trinajstić information content (AvgIpc) is 2.27. The smallest absolute Gasteiger partial charge is 0.135 e. The summed E-state index contributed by atoms with van der Waals surface area (Å²) in [6.07, 6.45) is 1.34. The summed E-state index contributed by atoms with van der Waals surface area (Å²) >= 11 is 0. The SMILES string of the molecule is CC(C)C(=O)CC1CC(C)(C)N([O])C1(C)C. The third kappa shape index (κ3) is 2.30. The van der Waals surface area contributed by atoms with Gasteiger partial charge in [0.1, 0.15) is 5.78 Å². The first-order valence-electron chi connectivity index (χ1n) is 6.09. The molecule has 93 valence electrons. The molecule has 0 amide bonds. The van der Waals surface area contributed by atoms with E-state index in [0.717, 1.165) is 6.42 Å². The number of ketones is 1. The van der Waals surface area contributed by atoms with Crippen molar-refractivity contribution in [1.82, 2.24) is 5.06 Å². The van der Waals surface area contributed by atoms with Gasteiger partial charge in [-0.2, -0.15) is 0 Å². The Labute approximate surface area is 98.8 Å². The van der Waals surface area contributed by atoms with E-state index in [9.17, 15) is 10.0 Å². The number of Topliss-reactive ketones (excluding diaryl/α,β-unsaturated/α-hetero) is 1. The zero-order chi connectivity index (χ0) is 12.7. The predicted octanol–water partition coefficient (Wildman–Crippen LogP) is 2.83. The van der Waals surface area contributed by atoms with E-state index < -0.39 is 5.54 Å². The van der Waals surface area contributed by atoms with Gasteiger partial charge in [0, 0.05) is 23.4 Å². The van der Waals surface area contributed by atoms with Crippen molar-refractivity contribution >= 4 is 5.78 Å². The Morgan fingerprint density at radius 1 is 1.31 bits per heavy atom. The summed E-state index contributed by atoms with van der Waals surface area (Å²) in [6.45, 7) is 11.7. The van der Waals surface area contributed by atoms with E-state index in [4.69, 9.17) is 0 Å². The monoisotopic (exact) mass is 226 g/mol. The first-order chi connectivity index (χ1) is 7.09. The molecule has 0 saturated carbocycles. The summed E-state index contributed by atoms with van der Waals surface area (Å²) in [6, 6.07) is 0. The molecular formula is C13H24NO2. The molecule has 0 N–H and O–H groups in total. The first-order valence-corrected chi connectivity index (χ1v) is 6.09. The number of nitrogens with zero attached hydrogens (tertiary/aromatic N) is 1. The molecule has 1 saturated heterocycles. The summed E-state index contributed by atoms with van der Waals surface area (Å²) in [4.78, 5) is 11.8. The Kier molecular flexibility index (Phi) is 3.51. The van der Waals surface area contributed by atoms with Crippen LogP contribution in [0.1, 0.15) is 54.4 Å². The molecule has 1 rings (SSSR count). The van der Waals surface area contributed by atoms with Gasteiger partial charge in [-0.1, -0.05) is 13.8 Å². The Bertz CT molecular complexity index is 282. The van der Waals surface area contributed by atoms with E-state index in [2.05, 4.69) is 0 Å². The van der Waals surface area contributed by atoms with E-state index in [1.807, 2.05) is 41.5 Å². The fourth-order valence-corrected chi connectivity index (χ4v) is 2.68. The van der Waals surface area contributed by atoms with Crippen LogP contribution in [-0.4, -0.2) is 21.9 Å². The number of carbonyl (C=O) groups excluding carboxylic acids is 1. The number of hydrogen-bond acceptors (Lipinski definition) is 2. The van der Waals surface area contributed by atoms with Gasteiger partial charge >= 0.3 is 0 Å². The lowest BCUT2D eigenvalue weighted by Crippen LogP contribution is -2.46. The summed E-state index contributed by atoms with van der Waals surface area (Å²) in [5, 5.41) is 13.3. The van der Waals surface area contributed by atoms with Crippen molar-refractivity contribution in [3.8, 4) is 0 Å². The molecule has 1 fully saturated rings. The highest BCUT2D eigenvalue weighted by molar-refractivity contribution is 5.80. The Morgan fingerprint density at radius 2 is 1.81 bits per heavy atom. The van der Waals surface area contributed by atoms with E-state index in [0.29, 0.717) is 6.42 Å². The Balaban J connectivity index is 2.80. The van der Waals surface area contributed by atoms with Crippen LogP contribution in [0.4, 0.5) is 0 Å². The maximum absolute atomic E-state index is 12.1. The molecule has 3 nitrogen and oxygen atoms in total. The van der Waals surface area contributed by atoms with Gasteiger partial charge in [0.2, 0.25) is 0 Å². The van der Waals surface area contributed by atoms with Gasteiger partial charge in [0.05, 0.1) is 0 Å². The second-order valence-corrected chi connectivity index (χ2v) is 6.49. The normalized spacial score (nSPS) is 28.6. The lowest BCUT2D eigenvalue weighted by Gasteiger charge is -2.33.